The molecule has 0 aromatic heterocycles. The average Bonchev–Trinajstić information content (AvgIpc) is 2.70. The summed E-state index contributed by atoms with van der Waals surface area (Å²) in [5.74, 6) is -0.630. The van der Waals surface area contributed by atoms with Crippen molar-refractivity contribution < 1.29 is 23.9 Å². The van der Waals surface area contributed by atoms with Crippen LogP contribution in [0.3, 0.4) is 0 Å². The van der Waals surface area contributed by atoms with E-state index in [2.05, 4.69) is 20.8 Å². The molecule has 172 valence electrons. The number of ether oxygens (including phenoxy) is 2. The smallest absolute Gasteiger partial charge is 0.441 e. The zero-order valence-electron chi connectivity index (χ0n) is 19.7. The second-order valence-corrected chi connectivity index (χ2v) is 8.88. The predicted molar refractivity (Wildman–Crippen MR) is 124 cm³/mol. The molecule has 6 heteroatoms. The maximum absolute atomic E-state index is 12.3. The van der Waals surface area contributed by atoms with Gasteiger partial charge in [-0.1, -0.05) is 74.9 Å². The van der Waals surface area contributed by atoms with Gasteiger partial charge in [0.2, 0.25) is 0 Å². The van der Waals surface area contributed by atoms with Crippen LogP contribution in [-0.4, -0.2) is 24.8 Å². The topological polar surface area (TPSA) is 73.9 Å². The number of carbonyl (C=O) groups is 2. The minimum atomic E-state index is -0.845. The molecule has 1 atom stereocenters. The quantitative estimate of drug-likeness (QED) is 0.449. The third-order valence-corrected chi connectivity index (χ3v) is 4.86. The third kappa shape index (κ3) is 7.85. The second kappa shape index (κ2) is 11.5. The molecule has 1 N–H and O–H groups in total. The molecule has 2 aromatic rings. The maximum atomic E-state index is 12.3. The van der Waals surface area contributed by atoms with E-state index in [1.165, 1.54) is 0 Å². The maximum Gasteiger partial charge on any atom is 0.441 e. The Bertz CT molecular complexity index is 921. The number of benzene rings is 2. The van der Waals surface area contributed by atoms with Crippen LogP contribution in [0.4, 0.5) is 4.79 Å². The van der Waals surface area contributed by atoms with E-state index in [1.54, 1.807) is 6.08 Å². The molecule has 1 unspecified atom stereocenters. The summed E-state index contributed by atoms with van der Waals surface area (Å²) in [6, 6.07) is 13.7. The highest BCUT2D eigenvalue weighted by Gasteiger charge is 2.23. The minimum absolute atomic E-state index is 0.0211. The highest BCUT2D eigenvalue weighted by Crippen LogP contribution is 2.24. The zero-order valence-corrected chi connectivity index (χ0v) is 19.7. The SMILES string of the molecule is Cc1cc(C)c(C(=O)ONC(=O)OC/C=C\C(OCc2ccccc2)C(C)(C)C)c(C)c1. The van der Waals surface area contributed by atoms with Crippen molar-refractivity contribution in [3.8, 4) is 0 Å². The van der Waals surface area contributed by atoms with Gasteiger partial charge in [0.25, 0.3) is 0 Å². The molecule has 0 heterocycles. The van der Waals surface area contributed by atoms with Gasteiger partial charge >= 0.3 is 12.1 Å². The van der Waals surface area contributed by atoms with Crippen LogP contribution in [0.1, 0.15) is 53.4 Å². The van der Waals surface area contributed by atoms with E-state index in [-0.39, 0.29) is 18.1 Å². The van der Waals surface area contributed by atoms with Crippen LogP contribution in [-0.2, 0) is 20.9 Å². The molecule has 2 rings (SSSR count). The average molecular weight is 440 g/mol. The van der Waals surface area contributed by atoms with Gasteiger partial charge in [-0.3, -0.25) is 0 Å². The number of aryl methyl sites for hydroxylation is 3. The molecular weight excluding hydrogens is 406 g/mol. The largest absolute Gasteiger partial charge is 0.443 e. The summed E-state index contributed by atoms with van der Waals surface area (Å²) >= 11 is 0. The van der Waals surface area contributed by atoms with E-state index in [9.17, 15) is 9.59 Å². The summed E-state index contributed by atoms with van der Waals surface area (Å²) in [4.78, 5) is 29.1. The van der Waals surface area contributed by atoms with Crippen molar-refractivity contribution in [2.75, 3.05) is 6.61 Å². The summed E-state index contributed by atoms with van der Waals surface area (Å²) in [6.45, 7) is 12.3. The molecule has 0 aliphatic rings. The van der Waals surface area contributed by atoms with Crippen LogP contribution >= 0.6 is 0 Å². The van der Waals surface area contributed by atoms with Crippen LogP contribution in [0.5, 0.6) is 0 Å². The Morgan fingerprint density at radius 1 is 1.03 bits per heavy atom. The van der Waals surface area contributed by atoms with Crippen LogP contribution in [0.15, 0.2) is 54.6 Å². The molecule has 2 aromatic carbocycles. The fraction of sp³-hybridized carbons (Fsp3) is 0.385. The van der Waals surface area contributed by atoms with Crippen LogP contribution < -0.4 is 5.48 Å². The standard InChI is InChI=1S/C26H33NO5/c1-18-15-19(2)23(20(3)16-18)24(28)32-27-25(29)30-14-10-13-22(26(4,5)6)31-17-21-11-8-7-9-12-21/h7-13,15-16,22H,14,17H2,1-6H3,(H,27,29)/b13-10-. The molecule has 0 fully saturated rings. The van der Waals surface area contributed by atoms with Gasteiger partial charge in [0.05, 0.1) is 18.3 Å². The van der Waals surface area contributed by atoms with E-state index in [1.807, 2.05) is 74.8 Å². The van der Waals surface area contributed by atoms with Crippen molar-refractivity contribution in [2.24, 2.45) is 5.41 Å². The lowest BCUT2D eigenvalue weighted by molar-refractivity contribution is 0.00360. The molecule has 1 amide bonds. The fourth-order valence-electron chi connectivity index (χ4n) is 3.33. The molecule has 6 nitrogen and oxygen atoms in total. The summed E-state index contributed by atoms with van der Waals surface area (Å²) in [7, 11) is 0. The Kier molecular flexibility index (Phi) is 9.02. The number of hydroxylamine groups is 1. The third-order valence-electron chi connectivity index (χ3n) is 4.86. The van der Waals surface area contributed by atoms with Crippen LogP contribution in [0.2, 0.25) is 0 Å². The molecule has 32 heavy (non-hydrogen) atoms. The minimum Gasteiger partial charge on any atom is -0.443 e. The molecule has 0 spiro atoms. The van der Waals surface area contributed by atoms with E-state index in [0.29, 0.717) is 12.2 Å². The normalized spacial score (nSPS) is 12.4. The lowest BCUT2D eigenvalue weighted by Crippen LogP contribution is -2.29. The van der Waals surface area contributed by atoms with Crippen molar-refractivity contribution in [2.45, 2.75) is 54.3 Å². The fourth-order valence-corrected chi connectivity index (χ4v) is 3.33. The Morgan fingerprint density at radius 3 is 2.25 bits per heavy atom. The highest BCUT2D eigenvalue weighted by atomic mass is 16.7. The van der Waals surface area contributed by atoms with Gasteiger partial charge < -0.3 is 14.3 Å². The van der Waals surface area contributed by atoms with Crippen molar-refractivity contribution in [1.82, 2.24) is 5.48 Å². The number of nitrogens with one attached hydrogen (secondary N) is 1. The van der Waals surface area contributed by atoms with Gasteiger partial charge in [0.15, 0.2) is 0 Å². The van der Waals surface area contributed by atoms with Gasteiger partial charge in [0.1, 0.15) is 6.61 Å². The van der Waals surface area contributed by atoms with Crippen molar-refractivity contribution >= 4 is 12.1 Å². The number of amides is 1. The van der Waals surface area contributed by atoms with Crippen LogP contribution in [0.25, 0.3) is 0 Å². The van der Waals surface area contributed by atoms with Crippen molar-refractivity contribution in [1.29, 1.82) is 0 Å². The molecule has 0 saturated heterocycles. The first-order valence-electron chi connectivity index (χ1n) is 10.6. The van der Waals surface area contributed by atoms with Gasteiger partial charge in [-0.2, -0.15) is 0 Å². The first-order valence-corrected chi connectivity index (χ1v) is 10.6. The van der Waals surface area contributed by atoms with E-state index in [4.69, 9.17) is 14.3 Å². The summed E-state index contributed by atoms with van der Waals surface area (Å²) in [5, 5.41) is 0. The van der Waals surface area contributed by atoms with E-state index >= 15 is 0 Å². The number of rotatable bonds is 7. The Hall–Kier alpha value is -3.12. The molecule has 0 aliphatic heterocycles. The van der Waals surface area contributed by atoms with E-state index in [0.717, 1.165) is 22.3 Å². The lowest BCUT2D eigenvalue weighted by atomic mass is 9.88. The number of hydrogen-bond donors (Lipinski definition) is 1. The van der Waals surface area contributed by atoms with Gasteiger partial charge in [-0.05, 0) is 49.0 Å². The van der Waals surface area contributed by atoms with Crippen molar-refractivity contribution in [3.05, 3.63) is 82.4 Å². The Labute approximate surface area is 190 Å². The predicted octanol–water partition coefficient (Wildman–Crippen LogP) is 5.60. The Balaban J connectivity index is 1.81. The summed E-state index contributed by atoms with van der Waals surface area (Å²) in [5.41, 5.74) is 6.05. The number of hydrogen-bond acceptors (Lipinski definition) is 5. The second-order valence-electron chi connectivity index (χ2n) is 8.88. The molecule has 0 bridgehead atoms. The molecular formula is C26H33NO5. The number of carbonyl (C=O) groups excluding carboxylic acids is 2. The zero-order chi connectivity index (χ0) is 23.7. The van der Waals surface area contributed by atoms with E-state index < -0.39 is 12.1 Å². The lowest BCUT2D eigenvalue weighted by Gasteiger charge is -2.28. The van der Waals surface area contributed by atoms with Gasteiger partial charge in [-0.15, -0.1) is 5.48 Å². The first kappa shape index (κ1) is 25.1. The van der Waals surface area contributed by atoms with Crippen LogP contribution in [0, 0.1) is 26.2 Å². The summed E-state index contributed by atoms with van der Waals surface area (Å²) < 4.78 is 11.1. The summed E-state index contributed by atoms with van der Waals surface area (Å²) in [6.07, 6.45) is 2.58. The monoisotopic (exact) mass is 439 g/mol. The highest BCUT2D eigenvalue weighted by molar-refractivity contribution is 5.93. The molecule has 0 radical (unpaired) electrons. The first-order chi connectivity index (χ1) is 15.1. The van der Waals surface area contributed by atoms with Crippen molar-refractivity contribution in [3.63, 3.8) is 0 Å². The Morgan fingerprint density at radius 2 is 1.66 bits per heavy atom. The van der Waals surface area contributed by atoms with Gasteiger partial charge in [-0.25, -0.2) is 9.59 Å². The molecule has 0 saturated carbocycles. The van der Waals surface area contributed by atoms with Gasteiger partial charge in [0, 0.05) is 0 Å². The molecule has 0 aliphatic carbocycles.